The summed E-state index contributed by atoms with van der Waals surface area (Å²) in [7, 11) is 0. The summed E-state index contributed by atoms with van der Waals surface area (Å²) < 4.78 is 0. The third kappa shape index (κ3) is 0.841. The van der Waals surface area contributed by atoms with Gasteiger partial charge in [-0.05, 0) is 0 Å². The molecule has 0 radical (unpaired) electrons. The maximum absolute atomic E-state index is 10.3. The average Bonchev–Trinajstić information content (AvgIpc) is 1.64. The van der Waals surface area contributed by atoms with Crippen molar-refractivity contribution in [2.24, 2.45) is 0 Å². The van der Waals surface area contributed by atoms with Crippen LogP contribution in [0.3, 0.4) is 0 Å². The smallest absolute Gasteiger partial charge is 0.264 e. The Hall–Kier alpha value is -1.32. The molecule has 0 aliphatic rings. The largest absolute Gasteiger partial charge is 0.302 e. The second-order valence-corrected chi connectivity index (χ2v) is 1.33. The van der Waals surface area contributed by atoms with Crippen molar-refractivity contribution < 1.29 is 10.1 Å². The van der Waals surface area contributed by atoms with Crippen LogP contribution in [0.5, 0.6) is 0 Å². The van der Waals surface area contributed by atoms with Gasteiger partial charge in [-0.1, -0.05) is 5.10 Å². The van der Waals surface area contributed by atoms with Crippen molar-refractivity contribution in [1.29, 1.82) is 0 Å². The quantitative estimate of drug-likeness (QED) is 0.331. The third-order valence-electron chi connectivity index (χ3n) is 0.700. The van der Waals surface area contributed by atoms with Crippen molar-refractivity contribution in [3.05, 3.63) is 28.7 Å². The van der Waals surface area contributed by atoms with E-state index in [4.69, 9.17) is 5.21 Å². The summed E-state index contributed by atoms with van der Waals surface area (Å²) in [5.74, 6) is 0. The van der Waals surface area contributed by atoms with Gasteiger partial charge in [-0.3, -0.25) is 10.0 Å². The maximum atomic E-state index is 10.3. The Bertz CT molecular complexity index is 229. The molecule has 0 saturated heterocycles. The van der Waals surface area contributed by atoms with Gasteiger partial charge in [-0.2, -0.15) is 0 Å². The Labute approximate surface area is 45.0 Å². The first-order valence-corrected chi connectivity index (χ1v) is 2.09. The highest BCUT2D eigenvalue weighted by molar-refractivity contribution is 4.78. The van der Waals surface area contributed by atoms with E-state index in [0.717, 1.165) is 0 Å². The molecular weight excluding hydrogens is 108 g/mol. The molecule has 1 rings (SSSR count). The Morgan fingerprint density at radius 3 is 2.88 bits per heavy atom. The highest BCUT2D eigenvalue weighted by atomic mass is 16.5. The van der Waals surface area contributed by atoms with E-state index in [-0.39, 0.29) is 5.56 Å². The lowest BCUT2D eigenvalue weighted by Gasteiger charge is -1.75. The zero-order valence-electron chi connectivity index (χ0n) is 4.03. The number of aromatic nitrogens is 2. The number of rotatable bonds is 0. The van der Waals surface area contributed by atoms with Crippen molar-refractivity contribution in [1.82, 2.24) is 5.10 Å². The molecule has 0 fully saturated rings. The molecule has 0 aliphatic heterocycles. The van der Waals surface area contributed by atoms with Crippen LogP contribution in [0.1, 0.15) is 0 Å². The molecule has 0 aromatic carbocycles. The van der Waals surface area contributed by atoms with Gasteiger partial charge in [0.15, 0.2) is 0 Å². The minimum atomic E-state index is -0.324. The van der Waals surface area contributed by atoms with E-state index in [0.29, 0.717) is 4.85 Å². The topological polar surface area (TPSA) is 57.0 Å². The van der Waals surface area contributed by atoms with Crippen LogP contribution in [-0.2, 0) is 0 Å². The summed E-state index contributed by atoms with van der Waals surface area (Å²) in [5, 5.41) is 10.6. The fourth-order valence-corrected chi connectivity index (χ4v) is 0.399. The van der Waals surface area contributed by atoms with E-state index in [1.54, 1.807) is 0 Å². The van der Waals surface area contributed by atoms with E-state index in [9.17, 15) is 4.79 Å². The van der Waals surface area contributed by atoms with Gasteiger partial charge in [-0.25, -0.2) is 0 Å². The van der Waals surface area contributed by atoms with Gasteiger partial charge >= 0.3 is 5.56 Å². The van der Waals surface area contributed by atoms with Gasteiger partial charge in [0.25, 0.3) is 6.20 Å². The molecule has 1 aromatic heterocycles. The number of hydrogen-bond acceptors (Lipinski definition) is 2. The molecule has 2 N–H and O–H groups in total. The molecule has 0 aliphatic carbocycles. The number of aromatic amines is 1. The second-order valence-electron chi connectivity index (χ2n) is 1.33. The first-order chi connectivity index (χ1) is 3.79. The lowest BCUT2D eigenvalue weighted by Crippen LogP contribution is -2.38. The summed E-state index contributed by atoms with van der Waals surface area (Å²) in [6, 6.07) is 2.76. The normalized spacial score (nSPS) is 9.00. The third-order valence-corrected chi connectivity index (χ3v) is 0.700. The number of nitrogens with zero attached hydrogens (tertiary/aromatic N) is 1. The van der Waals surface area contributed by atoms with E-state index in [1.807, 2.05) is 0 Å². The summed E-state index contributed by atoms with van der Waals surface area (Å²) in [6.07, 6.45) is 1.32. The predicted molar refractivity (Wildman–Crippen MR) is 24.4 cm³/mol. The zero-order chi connectivity index (χ0) is 5.98. The first-order valence-electron chi connectivity index (χ1n) is 2.09. The SMILES string of the molecule is O=c1ccc[n+](O)[nH]1. The molecule has 0 saturated carbocycles. The molecule has 0 atom stereocenters. The molecule has 0 bridgehead atoms. The maximum Gasteiger partial charge on any atom is 0.302 e. The monoisotopic (exact) mass is 113 g/mol. The van der Waals surface area contributed by atoms with E-state index < -0.39 is 0 Å². The van der Waals surface area contributed by atoms with Crippen molar-refractivity contribution in [3.63, 3.8) is 0 Å². The molecule has 1 aromatic rings. The van der Waals surface area contributed by atoms with Crippen LogP contribution in [0.25, 0.3) is 0 Å². The van der Waals surface area contributed by atoms with E-state index >= 15 is 0 Å². The molecule has 42 valence electrons. The van der Waals surface area contributed by atoms with Crippen molar-refractivity contribution >= 4 is 0 Å². The first kappa shape index (κ1) is 4.83. The summed E-state index contributed by atoms with van der Waals surface area (Å²) in [4.78, 5) is 10.9. The van der Waals surface area contributed by atoms with E-state index in [2.05, 4.69) is 5.10 Å². The van der Waals surface area contributed by atoms with Crippen LogP contribution >= 0.6 is 0 Å². The fraction of sp³-hybridized carbons (Fsp3) is 0. The molecule has 1 heterocycles. The number of nitrogens with one attached hydrogen (secondary N) is 1. The lowest BCUT2D eigenvalue weighted by atomic mass is 10.6. The van der Waals surface area contributed by atoms with Crippen molar-refractivity contribution in [2.45, 2.75) is 0 Å². The predicted octanol–water partition coefficient (Wildman–Crippen LogP) is -1.10. The van der Waals surface area contributed by atoms with Gasteiger partial charge in [0.2, 0.25) is 0 Å². The van der Waals surface area contributed by atoms with Crippen molar-refractivity contribution in [2.75, 3.05) is 0 Å². The van der Waals surface area contributed by atoms with E-state index in [1.165, 1.54) is 18.3 Å². The molecular formula is C4H5N2O2+. The fourth-order valence-electron chi connectivity index (χ4n) is 0.399. The Kier molecular flexibility index (Phi) is 0.997. The average molecular weight is 113 g/mol. The van der Waals surface area contributed by atoms with Gasteiger partial charge in [0, 0.05) is 12.1 Å². The Balaban J connectivity index is 3.28. The van der Waals surface area contributed by atoms with Crippen LogP contribution < -0.4 is 10.4 Å². The Morgan fingerprint density at radius 2 is 2.50 bits per heavy atom. The van der Waals surface area contributed by atoms with Crippen LogP contribution in [0.15, 0.2) is 23.1 Å². The number of hydrogen-bond donors (Lipinski definition) is 2. The summed E-state index contributed by atoms with van der Waals surface area (Å²) in [6.45, 7) is 0. The molecule has 0 spiro atoms. The zero-order valence-corrected chi connectivity index (χ0v) is 4.03. The van der Waals surface area contributed by atoms with Gasteiger partial charge in [0.05, 0.1) is 4.85 Å². The highest BCUT2D eigenvalue weighted by Crippen LogP contribution is 1.58. The Morgan fingerprint density at radius 1 is 1.75 bits per heavy atom. The van der Waals surface area contributed by atoms with Crippen LogP contribution in [-0.4, -0.2) is 10.3 Å². The number of H-pyrrole nitrogens is 1. The molecule has 4 heteroatoms. The van der Waals surface area contributed by atoms with Gasteiger partial charge in [-0.15, -0.1) is 0 Å². The molecule has 0 unspecified atom stereocenters. The minimum Gasteiger partial charge on any atom is -0.264 e. The van der Waals surface area contributed by atoms with Crippen LogP contribution in [0, 0.1) is 0 Å². The minimum absolute atomic E-state index is 0.324. The lowest BCUT2D eigenvalue weighted by molar-refractivity contribution is -0.949. The van der Waals surface area contributed by atoms with Gasteiger partial charge < -0.3 is 0 Å². The van der Waals surface area contributed by atoms with Gasteiger partial charge in [0.1, 0.15) is 0 Å². The van der Waals surface area contributed by atoms with Crippen molar-refractivity contribution in [3.8, 4) is 0 Å². The molecule has 4 nitrogen and oxygen atoms in total. The van der Waals surface area contributed by atoms with Crippen LogP contribution in [0.2, 0.25) is 0 Å². The molecule has 0 amide bonds. The summed E-state index contributed by atoms with van der Waals surface area (Å²) >= 11 is 0. The summed E-state index contributed by atoms with van der Waals surface area (Å²) in [5.41, 5.74) is -0.324. The second kappa shape index (κ2) is 1.65. The van der Waals surface area contributed by atoms with Crippen LogP contribution in [0.4, 0.5) is 0 Å². The molecule has 8 heavy (non-hydrogen) atoms. The standard InChI is InChI=1S/C4H4N2O2/c7-4-2-1-3-6(8)5-4/h1-3H,(H-,5,7,8)/p+1. The highest BCUT2D eigenvalue weighted by Gasteiger charge is 1.89.